The topological polar surface area (TPSA) is 40.5 Å². The standard InChI is InChI=1S/C26H37NO2/c1-18(2)27(19(3)4)15-14-24(22-10-8-7-9-11-22)25-16-20(5)12-13-23(25)17-21(6)26(28)29/h7-13,16,18-19,21,24H,14-15,17H2,1-6H3,(H,28,29)/t21?,24-/m1/s1. The summed E-state index contributed by atoms with van der Waals surface area (Å²) >= 11 is 0. The highest BCUT2D eigenvalue weighted by Crippen LogP contribution is 2.33. The highest BCUT2D eigenvalue weighted by atomic mass is 16.4. The molecule has 158 valence electrons. The summed E-state index contributed by atoms with van der Waals surface area (Å²) in [6.45, 7) is 13.9. The zero-order valence-corrected chi connectivity index (χ0v) is 18.9. The number of aliphatic carboxylic acids is 1. The summed E-state index contributed by atoms with van der Waals surface area (Å²) in [7, 11) is 0. The van der Waals surface area contributed by atoms with E-state index in [0.29, 0.717) is 18.5 Å². The van der Waals surface area contributed by atoms with Crippen LogP contribution in [-0.4, -0.2) is 34.6 Å². The van der Waals surface area contributed by atoms with Crippen molar-refractivity contribution >= 4 is 5.97 Å². The molecule has 0 amide bonds. The minimum Gasteiger partial charge on any atom is -0.481 e. The molecule has 2 atom stereocenters. The van der Waals surface area contributed by atoms with Gasteiger partial charge in [-0.1, -0.05) is 61.0 Å². The van der Waals surface area contributed by atoms with Gasteiger partial charge in [-0.2, -0.15) is 0 Å². The van der Waals surface area contributed by atoms with Gasteiger partial charge in [-0.3, -0.25) is 9.69 Å². The van der Waals surface area contributed by atoms with Crippen molar-refractivity contribution in [1.29, 1.82) is 0 Å². The Labute approximate surface area is 176 Å². The predicted octanol–water partition coefficient (Wildman–Crippen LogP) is 5.90. The summed E-state index contributed by atoms with van der Waals surface area (Å²) in [6.07, 6.45) is 1.57. The maximum absolute atomic E-state index is 11.5. The van der Waals surface area contributed by atoms with Crippen LogP contribution in [-0.2, 0) is 11.2 Å². The summed E-state index contributed by atoms with van der Waals surface area (Å²) in [5.41, 5.74) is 4.95. The molecule has 0 radical (unpaired) electrons. The third-order valence-corrected chi connectivity index (χ3v) is 5.83. The average Bonchev–Trinajstić information content (AvgIpc) is 2.66. The minimum absolute atomic E-state index is 0.257. The van der Waals surface area contributed by atoms with Crippen LogP contribution in [0.15, 0.2) is 48.5 Å². The fraction of sp³-hybridized carbons (Fsp3) is 0.500. The number of hydrogen-bond acceptors (Lipinski definition) is 2. The first-order chi connectivity index (χ1) is 13.7. The van der Waals surface area contributed by atoms with Gasteiger partial charge in [-0.25, -0.2) is 0 Å². The van der Waals surface area contributed by atoms with E-state index < -0.39 is 11.9 Å². The van der Waals surface area contributed by atoms with Gasteiger partial charge in [-0.05, 0) is 70.7 Å². The molecule has 3 heteroatoms. The molecular weight excluding hydrogens is 358 g/mol. The molecule has 2 rings (SSSR count). The van der Waals surface area contributed by atoms with Crippen molar-refractivity contribution in [2.75, 3.05) is 6.54 Å². The fourth-order valence-electron chi connectivity index (χ4n) is 4.22. The number of rotatable bonds is 10. The van der Waals surface area contributed by atoms with Crippen molar-refractivity contribution in [3.8, 4) is 0 Å². The summed E-state index contributed by atoms with van der Waals surface area (Å²) in [5, 5.41) is 9.44. The van der Waals surface area contributed by atoms with Crippen molar-refractivity contribution in [1.82, 2.24) is 4.90 Å². The number of nitrogens with zero attached hydrogens (tertiary/aromatic N) is 1. The SMILES string of the molecule is Cc1ccc(CC(C)C(=O)O)c([C@H](CCN(C(C)C)C(C)C)c2ccccc2)c1. The minimum atomic E-state index is -0.737. The van der Waals surface area contributed by atoms with Gasteiger partial charge in [0.2, 0.25) is 0 Å². The Morgan fingerprint density at radius 2 is 1.59 bits per heavy atom. The van der Waals surface area contributed by atoms with Crippen LogP contribution in [0, 0.1) is 12.8 Å². The van der Waals surface area contributed by atoms with Gasteiger partial charge in [0.15, 0.2) is 0 Å². The molecule has 1 unspecified atom stereocenters. The van der Waals surface area contributed by atoms with Crippen molar-refractivity contribution < 1.29 is 9.90 Å². The van der Waals surface area contributed by atoms with Crippen molar-refractivity contribution in [3.63, 3.8) is 0 Å². The molecule has 0 heterocycles. The quantitative estimate of drug-likeness (QED) is 0.544. The molecule has 1 N–H and O–H groups in total. The van der Waals surface area contributed by atoms with Gasteiger partial charge < -0.3 is 5.11 Å². The van der Waals surface area contributed by atoms with E-state index in [1.807, 2.05) is 0 Å². The molecule has 0 aliphatic carbocycles. The molecule has 0 saturated heterocycles. The number of carboxylic acid groups (broad SMARTS) is 1. The van der Waals surface area contributed by atoms with Crippen LogP contribution < -0.4 is 0 Å². The zero-order valence-electron chi connectivity index (χ0n) is 18.9. The number of carbonyl (C=O) groups is 1. The Bertz CT molecular complexity index is 775. The summed E-state index contributed by atoms with van der Waals surface area (Å²) in [4.78, 5) is 14.0. The van der Waals surface area contributed by atoms with Crippen molar-refractivity contribution in [3.05, 3.63) is 70.8 Å². The van der Waals surface area contributed by atoms with Gasteiger partial charge in [-0.15, -0.1) is 0 Å². The van der Waals surface area contributed by atoms with E-state index in [2.05, 4.69) is 88.0 Å². The molecule has 0 bridgehead atoms. The lowest BCUT2D eigenvalue weighted by Gasteiger charge is -2.32. The zero-order chi connectivity index (χ0) is 21.6. The van der Waals surface area contributed by atoms with Crippen LogP contribution in [0.1, 0.15) is 69.2 Å². The van der Waals surface area contributed by atoms with Crippen molar-refractivity contribution in [2.24, 2.45) is 5.92 Å². The van der Waals surface area contributed by atoms with E-state index in [1.54, 1.807) is 6.92 Å². The summed E-state index contributed by atoms with van der Waals surface area (Å²) in [5.74, 6) is -0.874. The lowest BCUT2D eigenvalue weighted by molar-refractivity contribution is -0.141. The van der Waals surface area contributed by atoms with E-state index in [4.69, 9.17) is 0 Å². The van der Waals surface area contributed by atoms with Crippen LogP contribution in [0.2, 0.25) is 0 Å². The molecule has 29 heavy (non-hydrogen) atoms. The molecule has 0 aromatic heterocycles. The number of benzene rings is 2. The Kier molecular flexibility index (Phi) is 8.45. The Hall–Kier alpha value is -2.13. The monoisotopic (exact) mass is 395 g/mol. The Morgan fingerprint density at radius 1 is 0.966 bits per heavy atom. The highest BCUT2D eigenvalue weighted by Gasteiger charge is 2.23. The molecule has 0 fully saturated rings. The second kappa shape index (κ2) is 10.6. The molecular formula is C26H37NO2. The first kappa shape index (κ1) is 23.2. The van der Waals surface area contributed by atoms with E-state index in [1.165, 1.54) is 16.7 Å². The van der Waals surface area contributed by atoms with Crippen molar-refractivity contribution in [2.45, 2.75) is 72.4 Å². The highest BCUT2D eigenvalue weighted by molar-refractivity contribution is 5.70. The van der Waals surface area contributed by atoms with E-state index in [0.717, 1.165) is 18.5 Å². The maximum atomic E-state index is 11.5. The van der Waals surface area contributed by atoms with Gasteiger partial charge in [0, 0.05) is 18.0 Å². The molecule has 0 saturated carbocycles. The Morgan fingerprint density at radius 3 is 2.14 bits per heavy atom. The lowest BCUT2D eigenvalue weighted by Crippen LogP contribution is -2.38. The first-order valence-electron chi connectivity index (χ1n) is 10.8. The average molecular weight is 396 g/mol. The predicted molar refractivity (Wildman–Crippen MR) is 122 cm³/mol. The first-order valence-corrected chi connectivity index (χ1v) is 10.8. The summed E-state index contributed by atoms with van der Waals surface area (Å²) < 4.78 is 0. The summed E-state index contributed by atoms with van der Waals surface area (Å²) in [6, 6.07) is 18.1. The normalized spacial score (nSPS) is 13.8. The van der Waals surface area contributed by atoms with Gasteiger partial charge in [0.25, 0.3) is 0 Å². The molecule has 0 aliphatic heterocycles. The van der Waals surface area contributed by atoms with Crippen LogP contribution in [0.3, 0.4) is 0 Å². The van der Waals surface area contributed by atoms with Crippen LogP contribution >= 0.6 is 0 Å². The fourth-order valence-corrected chi connectivity index (χ4v) is 4.22. The van der Waals surface area contributed by atoms with E-state index in [9.17, 15) is 9.90 Å². The van der Waals surface area contributed by atoms with E-state index >= 15 is 0 Å². The van der Waals surface area contributed by atoms with E-state index in [-0.39, 0.29) is 5.92 Å². The van der Waals surface area contributed by atoms with Gasteiger partial charge in [0.05, 0.1) is 5.92 Å². The molecule has 0 spiro atoms. The largest absolute Gasteiger partial charge is 0.481 e. The van der Waals surface area contributed by atoms with Crippen LogP contribution in [0.4, 0.5) is 0 Å². The smallest absolute Gasteiger partial charge is 0.306 e. The number of aryl methyl sites for hydroxylation is 1. The third kappa shape index (κ3) is 6.43. The second-order valence-electron chi connectivity index (χ2n) is 8.82. The second-order valence-corrected chi connectivity index (χ2v) is 8.82. The molecule has 2 aromatic rings. The Balaban J connectivity index is 2.43. The maximum Gasteiger partial charge on any atom is 0.306 e. The number of carboxylic acids is 1. The third-order valence-electron chi connectivity index (χ3n) is 5.83. The molecule has 3 nitrogen and oxygen atoms in total. The molecule has 0 aliphatic rings. The van der Waals surface area contributed by atoms with Gasteiger partial charge >= 0.3 is 5.97 Å². The number of hydrogen-bond donors (Lipinski definition) is 1. The van der Waals surface area contributed by atoms with Crippen LogP contribution in [0.25, 0.3) is 0 Å². The molecule has 2 aromatic carbocycles. The van der Waals surface area contributed by atoms with Crippen LogP contribution in [0.5, 0.6) is 0 Å². The lowest BCUT2D eigenvalue weighted by atomic mass is 9.82. The van der Waals surface area contributed by atoms with Gasteiger partial charge in [0.1, 0.15) is 0 Å².